The Labute approximate surface area is 149 Å². The van der Waals surface area contributed by atoms with Crippen LogP contribution < -0.4 is 4.74 Å². The lowest BCUT2D eigenvalue weighted by atomic mass is 10.0. The second kappa shape index (κ2) is 7.54. The van der Waals surface area contributed by atoms with Gasteiger partial charge in [0.2, 0.25) is 0 Å². The number of likely N-dealkylation sites (tertiary alicyclic amines) is 1. The SMILES string of the molecule is CC(=O)c1cccc(O[C@H](C)C(=O)N2CC(N3CCN(C)CC3)C2)c1. The highest BCUT2D eigenvalue weighted by Crippen LogP contribution is 2.20. The summed E-state index contributed by atoms with van der Waals surface area (Å²) in [6, 6.07) is 7.47. The van der Waals surface area contributed by atoms with Gasteiger partial charge in [-0.1, -0.05) is 12.1 Å². The van der Waals surface area contributed by atoms with E-state index in [9.17, 15) is 9.59 Å². The van der Waals surface area contributed by atoms with E-state index in [0.717, 1.165) is 39.3 Å². The van der Waals surface area contributed by atoms with Crippen LogP contribution in [0.3, 0.4) is 0 Å². The number of ether oxygens (including phenoxy) is 1. The third-order valence-electron chi connectivity index (χ3n) is 5.13. The molecule has 3 rings (SSSR count). The van der Waals surface area contributed by atoms with Gasteiger partial charge in [0.1, 0.15) is 5.75 Å². The van der Waals surface area contributed by atoms with Crippen molar-refractivity contribution < 1.29 is 14.3 Å². The van der Waals surface area contributed by atoms with Crippen molar-refractivity contribution in [2.75, 3.05) is 46.3 Å². The van der Waals surface area contributed by atoms with E-state index >= 15 is 0 Å². The molecule has 1 amide bonds. The van der Waals surface area contributed by atoms with Crippen LogP contribution in [-0.2, 0) is 4.79 Å². The number of benzene rings is 1. The largest absolute Gasteiger partial charge is 0.481 e. The molecule has 1 aromatic rings. The Bertz CT molecular complexity index is 635. The number of carbonyl (C=O) groups is 2. The Morgan fingerprint density at radius 2 is 1.84 bits per heavy atom. The van der Waals surface area contributed by atoms with Crippen LogP contribution in [-0.4, -0.2) is 84.9 Å². The van der Waals surface area contributed by atoms with Crippen molar-refractivity contribution in [1.82, 2.24) is 14.7 Å². The second-order valence-corrected chi connectivity index (χ2v) is 7.08. The van der Waals surface area contributed by atoms with Crippen LogP contribution in [0.4, 0.5) is 0 Å². The number of carbonyl (C=O) groups excluding carboxylic acids is 2. The summed E-state index contributed by atoms with van der Waals surface area (Å²) in [7, 11) is 2.15. The van der Waals surface area contributed by atoms with Crippen LogP contribution in [0, 0.1) is 0 Å². The summed E-state index contributed by atoms with van der Waals surface area (Å²) in [5.74, 6) is 0.561. The van der Waals surface area contributed by atoms with Gasteiger partial charge in [-0.25, -0.2) is 0 Å². The molecule has 1 atom stereocenters. The lowest BCUT2D eigenvalue weighted by Gasteiger charge is -2.48. The van der Waals surface area contributed by atoms with Crippen molar-refractivity contribution in [1.29, 1.82) is 0 Å². The zero-order chi connectivity index (χ0) is 18.0. The van der Waals surface area contributed by atoms with Crippen molar-refractivity contribution in [2.24, 2.45) is 0 Å². The van der Waals surface area contributed by atoms with Crippen LogP contribution in [0.2, 0.25) is 0 Å². The highest BCUT2D eigenvalue weighted by Gasteiger charge is 2.37. The van der Waals surface area contributed by atoms with Crippen LogP contribution >= 0.6 is 0 Å². The molecule has 0 saturated carbocycles. The molecule has 0 bridgehead atoms. The first-order chi connectivity index (χ1) is 11.9. The van der Waals surface area contributed by atoms with Crippen molar-refractivity contribution in [3.8, 4) is 5.75 Å². The van der Waals surface area contributed by atoms with Gasteiger partial charge in [0.25, 0.3) is 5.91 Å². The fourth-order valence-corrected chi connectivity index (χ4v) is 3.35. The maximum Gasteiger partial charge on any atom is 0.263 e. The molecule has 2 heterocycles. The number of piperazine rings is 1. The van der Waals surface area contributed by atoms with Crippen molar-refractivity contribution in [2.45, 2.75) is 26.0 Å². The molecular weight excluding hydrogens is 318 g/mol. The van der Waals surface area contributed by atoms with Crippen LogP contribution in [0.1, 0.15) is 24.2 Å². The first-order valence-corrected chi connectivity index (χ1v) is 8.93. The summed E-state index contributed by atoms with van der Waals surface area (Å²) >= 11 is 0. The number of likely N-dealkylation sites (N-methyl/N-ethyl adjacent to an activating group) is 1. The second-order valence-electron chi connectivity index (χ2n) is 7.08. The lowest BCUT2D eigenvalue weighted by molar-refractivity contribution is -0.146. The summed E-state index contributed by atoms with van der Waals surface area (Å²) in [5.41, 5.74) is 0.594. The van der Waals surface area contributed by atoms with Crippen molar-refractivity contribution >= 4 is 11.7 Å². The minimum Gasteiger partial charge on any atom is -0.481 e. The van der Waals surface area contributed by atoms with E-state index in [1.807, 2.05) is 4.90 Å². The minimum absolute atomic E-state index is 0.0119. The molecule has 0 aromatic heterocycles. The van der Waals surface area contributed by atoms with Gasteiger partial charge in [-0.15, -0.1) is 0 Å². The lowest BCUT2D eigenvalue weighted by Crippen LogP contribution is -2.65. The first kappa shape index (κ1) is 17.9. The van der Waals surface area contributed by atoms with E-state index in [1.54, 1.807) is 31.2 Å². The molecule has 0 unspecified atom stereocenters. The molecule has 2 aliphatic rings. The standard InChI is InChI=1S/C19H27N3O3/c1-14(23)16-5-4-6-18(11-16)25-15(2)19(24)22-12-17(13-22)21-9-7-20(3)8-10-21/h4-6,11,15,17H,7-10,12-13H2,1-3H3/t15-/m1/s1. The number of rotatable bonds is 5. The summed E-state index contributed by atoms with van der Waals surface area (Å²) in [6.45, 7) is 9.19. The molecule has 6 heteroatoms. The van der Waals surface area contributed by atoms with Crippen LogP contribution in [0.5, 0.6) is 5.75 Å². The van der Waals surface area contributed by atoms with Gasteiger partial charge in [-0.3, -0.25) is 14.5 Å². The average Bonchev–Trinajstić information content (AvgIpc) is 2.55. The maximum atomic E-state index is 12.5. The fourth-order valence-electron chi connectivity index (χ4n) is 3.35. The average molecular weight is 345 g/mol. The van der Waals surface area contributed by atoms with Gasteiger partial charge in [0, 0.05) is 50.9 Å². The van der Waals surface area contributed by atoms with Crippen LogP contribution in [0.15, 0.2) is 24.3 Å². The van der Waals surface area contributed by atoms with E-state index in [-0.39, 0.29) is 11.7 Å². The Morgan fingerprint density at radius 3 is 2.48 bits per heavy atom. The normalized spacial score (nSPS) is 20.8. The third kappa shape index (κ3) is 4.19. The molecule has 2 saturated heterocycles. The van der Waals surface area contributed by atoms with Gasteiger partial charge >= 0.3 is 0 Å². The molecule has 6 nitrogen and oxygen atoms in total. The number of hydrogen-bond donors (Lipinski definition) is 0. The predicted octanol–water partition coefficient (Wildman–Crippen LogP) is 1.11. The molecule has 0 spiro atoms. The third-order valence-corrected chi connectivity index (χ3v) is 5.13. The van der Waals surface area contributed by atoms with Gasteiger partial charge in [-0.2, -0.15) is 0 Å². The molecule has 0 N–H and O–H groups in total. The van der Waals surface area contributed by atoms with Gasteiger partial charge in [0.05, 0.1) is 0 Å². The molecular formula is C19H27N3O3. The van der Waals surface area contributed by atoms with Crippen molar-refractivity contribution in [3.63, 3.8) is 0 Å². The molecule has 0 radical (unpaired) electrons. The van der Waals surface area contributed by atoms with E-state index in [1.165, 1.54) is 6.92 Å². The monoisotopic (exact) mass is 345 g/mol. The first-order valence-electron chi connectivity index (χ1n) is 8.93. The number of ketones is 1. The maximum absolute atomic E-state index is 12.5. The predicted molar refractivity (Wildman–Crippen MR) is 96.0 cm³/mol. The Hall–Kier alpha value is -1.92. The number of nitrogens with zero attached hydrogens (tertiary/aromatic N) is 3. The summed E-state index contributed by atoms with van der Waals surface area (Å²) in [5, 5.41) is 0. The highest BCUT2D eigenvalue weighted by atomic mass is 16.5. The van der Waals surface area contributed by atoms with E-state index in [4.69, 9.17) is 4.74 Å². The summed E-state index contributed by atoms with van der Waals surface area (Å²) in [6.07, 6.45) is -0.546. The molecule has 1 aromatic carbocycles. The molecule has 25 heavy (non-hydrogen) atoms. The van der Waals surface area contributed by atoms with E-state index in [2.05, 4.69) is 16.8 Å². The van der Waals surface area contributed by atoms with Gasteiger partial charge in [-0.05, 0) is 33.0 Å². The zero-order valence-corrected chi connectivity index (χ0v) is 15.3. The topological polar surface area (TPSA) is 53.1 Å². The van der Waals surface area contributed by atoms with Gasteiger partial charge in [0.15, 0.2) is 11.9 Å². The Kier molecular flexibility index (Phi) is 5.39. The van der Waals surface area contributed by atoms with E-state index in [0.29, 0.717) is 17.4 Å². The quantitative estimate of drug-likeness (QED) is 0.749. The molecule has 0 aliphatic carbocycles. The Morgan fingerprint density at radius 1 is 1.16 bits per heavy atom. The number of Topliss-reactive ketones (excluding diaryl/α,β-unsaturated/α-hetero) is 1. The highest BCUT2D eigenvalue weighted by molar-refractivity contribution is 5.94. The fraction of sp³-hybridized carbons (Fsp3) is 0.579. The molecule has 136 valence electrons. The smallest absolute Gasteiger partial charge is 0.263 e. The molecule has 2 fully saturated rings. The summed E-state index contributed by atoms with van der Waals surface area (Å²) < 4.78 is 5.75. The zero-order valence-electron chi connectivity index (χ0n) is 15.3. The van der Waals surface area contributed by atoms with E-state index < -0.39 is 6.10 Å². The number of hydrogen-bond acceptors (Lipinski definition) is 5. The number of amides is 1. The molecule has 2 aliphatic heterocycles. The van der Waals surface area contributed by atoms with Gasteiger partial charge < -0.3 is 14.5 Å². The van der Waals surface area contributed by atoms with Crippen molar-refractivity contribution in [3.05, 3.63) is 29.8 Å². The van der Waals surface area contributed by atoms with Crippen LogP contribution in [0.25, 0.3) is 0 Å². The summed E-state index contributed by atoms with van der Waals surface area (Å²) in [4.78, 5) is 30.7. The Balaban J connectivity index is 1.49. The minimum atomic E-state index is -0.546.